The number of benzene rings is 2. The van der Waals surface area contributed by atoms with E-state index < -0.39 is 10.1 Å². The van der Waals surface area contributed by atoms with Crippen LogP contribution < -0.4 is 4.46 Å². The molecule has 1 amide bonds. The van der Waals surface area contributed by atoms with E-state index in [0.29, 0.717) is 38.7 Å². The van der Waals surface area contributed by atoms with Gasteiger partial charge in [0.1, 0.15) is 0 Å². The number of rotatable bonds is 7. The van der Waals surface area contributed by atoms with Crippen molar-refractivity contribution in [3.63, 3.8) is 0 Å². The summed E-state index contributed by atoms with van der Waals surface area (Å²) in [6.07, 6.45) is 2.79. The van der Waals surface area contributed by atoms with Gasteiger partial charge in [-0.15, -0.1) is 0 Å². The number of hydrogen-bond acceptors (Lipinski definition) is 4. The maximum atomic E-state index is 12.6. The molecule has 1 aliphatic heterocycles. The van der Waals surface area contributed by atoms with Gasteiger partial charge in [0.2, 0.25) is 0 Å². The Morgan fingerprint density at radius 2 is 1.79 bits per heavy atom. The molecular formula is C22H25NO4SSe. The molecule has 1 aliphatic carbocycles. The van der Waals surface area contributed by atoms with Crippen LogP contribution in [0.15, 0.2) is 59.5 Å². The Kier molecular flexibility index (Phi) is 6.11. The fourth-order valence-corrected chi connectivity index (χ4v) is 8.20. The van der Waals surface area contributed by atoms with E-state index in [9.17, 15) is 13.2 Å². The molecule has 29 heavy (non-hydrogen) atoms. The van der Waals surface area contributed by atoms with Crippen LogP contribution in [0.3, 0.4) is 0 Å². The first-order valence-corrected chi connectivity index (χ1v) is 13.2. The van der Waals surface area contributed by atoms with Crippen LogP contribution in [0.4, 0.5) is 0 Å². The van der Waals surface area contributed by atoms with Crippen LogP contribution in [0.1, 0.15) is 24.8 Å². The average molecular weight is 478 g/mol. The van der Waals surface area contributed by atoms with Crippen LogP contribution in [-0.4, -0.2) is 53.4 Å². The van der Waals surface area contributed by atoms with Gasteiger partial charge < -0.3 is 0 Å². The standard InChI is InChI=1S/C22H25NO4SSe/c1-16-7-10-18(11-8-16)28(25,26)27-14-13-23-21(24)15-17-9-12-20(22(17)23)29-19-5-3-2-4-6-19/h2-8,10-11,17,20,22H,9,12-15H2,1H3/t17?,20-,22?/m0/s1. The second-order valence-corrected chi connectivity index (χ2v) is 12.0. The first kappa shape index (κ1) is 20.6. The van der Waals surface area contributed by atoms with Gasteiger partial charge in [-0.25, -0.2) is 0 Å². The molecule has 3 atom stereocenters. The first-order chi connectivity index (χ1) is 13.9. The third-order valence-corrected chi connectivity index (χ3v) is 9.90. The third-order valence-electron chi connectivity index (χ3n) is 5.71. The Hall–Kier alpha value is -1.66. The zero-order valence-electron chi connectivity index (χ0n) is 16.4. The molecule has 4 rings (SSSR count). The van der Waals surface area contributed by atoms with Crippen LogP contribution in [0.2, 0.25) is 4.82 Å². The molecule has 2 aromatic rings. The first-order valence-electron chi connectivity index (χ1n) is 9.91. The summed E-state index contributed by atoms with van der Waals surface area (Å²) < 4.78 is 31.4. The Balaban J connectivity index is 1.39. The summed E-state index contributed by atoms with van der Waals surface area (Å²) >= 11 is 0.304. The van der Waals surface area contributed by atoms with E-state index in [1.165, 1.54) is 4.46 Å². The Morgan fingerprint density at radius 1 is 1.07 bits per heavy atom. The number of hydrogen-bond donors (Lipinski definition) is 0. The molecule has 1 heterocycles. The Bertz CT molecular complexity index is 962. The number of nitrogens with zero attached hydrogens (tertiary/aromatic N) is 1. The topological polar surface area (TPSA) is 63.7 Å². The monoisotopic (exact) mass is 479 g/mol. The molecule has 2 aliphatic rings. The van der Waals surface area contributed by atoms with Crippen LogP contribution >= 0.6 is 0 Å². The SMILES string of the molecule is Cc1ccc(S(=O)(=O)OCCN2C(=O)CC3CC[C@H]([Se]c4ccccc4)C32)cc1. The number of amides is 1. The van der Waals surface area contributed by atoms with E-state index >= 15 is 0 Å². The zero-order valence-corrected chi connectivity index (χ0v) is 18.9. The molecule has 2 aromatic carbocycles. The Labute approximate surface area is 178 Å². The van der Waals surface area contributed by atoms with Crippen molar-refractivity contribution in [2.24, 2.45) is 5.92 Å². The normalized spacial score (nSPS) is 24.1. The summed E-state index contributed by atoms with van der Waals surface area (Å²) in [5.41, 5.74) is 0.991. The summed E-state index contributed by atoms with van der Waals surface area (Å²) in [6, 6.07) is 17.3. The fraction of sp³-hybridized carbons (Fsp3) is 0.409. The van der Waals surface area contributed by atoms with Crippen LogP contribution in [0.5, 0.6) is 0 Å². The van der Waals surface area contributed by atoms with Gasteiger partial charge in [0.15, 0.2) is 0 Å². The van der Waals surface area contributed by atoms with Crippen molar-refractivity contribution in [2.45, 2.75) is 41.9 Å². The number of aryl methyl sites for hydroxylation is 1. The molecule has 0 radical (unpaired) electrons. The van der Waals surface area contributed by atoms with Crippen LogP contribution in [-0.2, 0) is 19.1 Å². The van der Waals surface area contributed by atoms with Gasteiger partial charge >= 0.3 is 179 Å². The average Bonchev–Trinajstić information content (AvgIpc) is 3.22. The molecule has 1 saturated carbocycles. The summed E-state index contributed by atoms with van der Waals surface area (Å²) in [6.45, 7) is 2.23. The molecule has 5 nitrogen and oxygen atoms in total. The number of carbonyl (C=O) groups excluding carboxylic acids is 1. The predicted octanol–water partition coefficient (Wildman–Crippen LogP) is 2.53. The fourth-order valence-electron chi connectivity index (χ4n) is 4.30. The van der Waals surface area contributed by atoms with Gasteiger partial charge in [0.25, 0.3) is 0 Å². The zero-order chi connectivity index (χ0) is 20.4. The molecular weight excluding hydrogens is 453 g/mol. The second-order valence-electron chi connectivity index (χ2n) is 7.68. The third kappa shape index (κ3) is 4.58. The van der Waals surface area contributed by atoms with E-state index in [2.05, 4.69) is 24.3 Å². The van der Waals surface area contributed by atoms with Gasteiger partial charge in [0, 0.05) is 0 Å². The molecule has 2 unspecified atom stereocenters. The summed E-state index contributed by atoms with van der Waals surface area (Å²) in [4.78, 5) is 15.1. The molecule has 7 heteroatoms. The van der Waals surface area contributed by atoms with Gasteiger partial charge in [-0.1, -0.05) is 0 Å². The molecule has 0 bridgehead atoms. The predicted molar refractivity (Wildman–Crippen MR) is 113 cm³/mol. The van der Waals surface area contributed by atoms with Gasteiger partial charge in [0.05, 0.1) is 0 Å². The molecule has 154 valence electrons. The summed E-state index contributed by atoms with van der Waals surface area (Å²) in [7, 11) is -3.80. The Morgan fingerprint density at radius 3 is 2.52 bits per heavy atom. The van der Waals surface area contributed by atoms with E-state index in [-0.39, 0.29) is 23.5 Å². The quantitative estimate of drug-likeness (QED) is 0.453. The van der Waals surface area contributed by atoms with Crippen molar-refractivity contribution >= 4 is 35.4 Å². The van der Waals surface area contributed by atoms with Crippen molar-refractivity contribution in [2.75, 3.05) is 13.2 Å². The van der Waals surface area contributed by atoms with Crippen molar-refractivity contribution in [3.8, 4) is 0 Å². The second kappa shape index (κ2) is 8.60. The van der Waals surface area contributed by atoms with E-state index in [0.717, 1.165) is 18.4 Å². The minimum absolute atomic E-state index is 0.00374. The molecule has 1 saturated heterocycles. The van der Waals surface area contributed by atoms with Crippen LogP contribution in [0, 0.1) is 12.8 Å². The van der Waals surface area contributed by atoms with Crippen molar-refractivity contribution in [1.29, 1.82) is 0 Å². The van der Waals surface area contributed by atoms with Gasteiger partial charge in [-0.2, -0.15) is 0 Å². The molecule has 0 spiro atoms. The molecule has 2 fully saturated rings. The van der Waals surface area contributed by atoms with Crippen molar-refractivity contribution < 1.29 is 17.4 Å². The van der Waals surface area contributed by atoms with E-state index in [4.69, 9.17) is 4.18 Å². The minimum atomic E-state index is -3.80. The summed E-state index contributed by atoms with van der Waals surface area (Å²) in [5, 5.41) is 0. The number of carbonyl (C=O) groups is 1. The van der Waals surface area contributed by atoms with Gasteiger partial charge in [-0.05, 0) is 0 Å². The maximum absolute atomic E-state index is 12.6. The molecule has 0 aromatic heterocycles. The van der Waals surface area contributed by atoms with Gasteiger partial charge in [-0.3, -0.25) is 0 Å². The number of fused-ring (bicyclic) bond motifs is 1. The van der Waals surface area contributed by atoms with Crippen molar-refractivity contribution in [3.05, 3.63) is 60.2 Å². The van der Waals surface area contributed by atoms with Crippen LogP contribution in [0.25, 0.3) is 0 Å². The van der Waals surface area contributed by atoms with E-state index in [1.807, 2.05) is 17.9 Å². The van der Waals surface area contributed by atoms with E-state index in [1.54, 1.807) is 24.3 Å². The molecule has 0 N–H and O–H groups in total. The van der Waals surface area contributed by atoms with Crippen molar-refractivity contribution in [1.82, 2.24) is 4.90 Å². The number of likely N-dealkylation sites (tertiary alicyclic amines) is 1. The summed E-state index contributed by atoms with van der Waals surface area (Å²) in [5.74, 6) is 0.525.